The number of rotatable bonds is 6. The summed E-state index contributed by atoms with van der Waals surface area (Å²) in [5, 5.41) is 0. The maximum absolute atomic E-state index is 5.44. The lowest BCUT2D eigenvalue weighted by Crippen LogP contribution is -2.02. The van der Waals surface area contributed by atoms with Crippen LogP contribution in [0.1, 0.15) is 40.0 Å². The predicted octanol–water partition coefficient (Wildman–Crippen LogP) is 3.36. The first-order valence-corrected chi connectivity index (χ1v) is 4.53. The predicted molar refractivity (Wildman–Crippen MR) is 49.5 cm³/mol. The van der Waals surface area contributed by atoms with E-state index in [1.165, 1.54) is 6.42 Å². The highest BCUT2D eigenvalue weighted by Gasteiger charge is 2.03. The minimum atomic E-state index is 0.506. The van der Waals surface area contributed by atoms with E-state index in [4.69, 9.17) is 4.74 Å². The van der Waals surface area contributed by atoms with Crippen molar-refractivity contribution in [2.45, 2.75) is 40.0 Å². The Hall–Kier alpha value is -0.460. The lowest BCUT2D eigenvalue weighted by molar-refractivity contribution is 0.177. The van der Waals surface area contributed by atoms with Crippen molar-refractivity contribution in [2.75, 3.05) is 6.61 Å². The molecule has 0 radical (unpaired) electrons. The average Bonchev–Trinajstić information content (AvgIpc) is 2.03. The Morgan fingerprint density at radius 3 is 2.55 bits per heavy atom. The molecule has 66 valence electrons. The van der Waals surface area contributed by atoms with Crippen molar-refractivity contribution >= 4 is 0 Å². The molecule has 11 heavy (non-hydrogen) atoms. The van der Waals surface area contributed by atoms with Crippen LogP contribution in [0.25, 0.3) is 0 Å². The number of hydrogen-bond donors (Lipinski definition) is 0. The molecule has 0 amide bonds. The molecule has 0 saturated carbocycles. The standard InChI is InChI=1S/C10H20O/c1-5-7-8-11-10(4)9(3)6-2/h9H,4-8H2,1-3H3. The number of allylic oxidation sites excluding steroid dienone is 1. The van der Waals surface area contributed by atoms with Gasteiger partial charge in [0.05, 0.1) is 12.4 Å². The Morgan fingerprint density at radius 1 is 1.45 bits per heavy atom. The first-order chi connectivity index (χ1) is 5.22. The van der Waals surface area contributed by atoms with E-state index in [-0.39, 0.29) is 0 Å². The Balaban J connectivity index is 3.36. The van der Waals surface area contributed by atoms with E-state index in [0.29, 0.717) is 5.92 Å². The summed E-state index contributed by atoms with van der Waals surface area (Å²) in [6.07, 6.45) is 3.44. The monoisotopic (exact) mass is 156 g/mol. The summed E-state index contributed by atoms with van der Waals surface area (Å²) >= 11 is 0. The van der Waals surface area contributed by atoms with Gasteiger partial charge >= 0.3 is 0 Å². The lowest BCUT2D eigenvalue weighted by Gasteiger charge is -2.13. The molecule has 0 N–H and O–H groups in total. The van der Waals surface area contributed by atoms with Gasteiger partial charge in [0, 0.05) is 5.92 Å². The quantitative estimate of drug-likeness (QED) is 0.423. The van der Waals surface area contributed by atoms with Gasteiger partial charge in [-0.05, 0) is 12.8 Å². The Labute approximate surface area is 70.4 Å². The van der Waals surface area contributed by atoms with Gasteiger partial charge in [-0.25, -0.2) is 0 Å². The molecular formula is C10H20O. The first-order valence-electron chi connectivity index (χ1n) is 4.53. The molecule has 1 unspecified atom stereocenters. The van der Waals surface area contributed by atoms with Crippen LogP contribution in [0.3, 0.4) is 0 Å². The number of hydrogen-bond acceptors (Lipinski definition) is 1. The Morgan fingerprint density at radius 2 is 2.09 bits per heavy atom. The molecule has 0 saturated heterocycles. The van der Waals surface area contributed by atoms with E-state index in [0.717, 1.165) is 25.2 Å². The van der Waals surface area contributed by atoms with Gasteiger partial charge in [-0.3, -0.25) is 0 Å². The zero-order valence-electron chi connectivity index (χ0n) is 8.02. The topological polar surface area (TPSA) is 9.23 Å². The van der Waals surface area contributed by atoms with Gasteiger partial charge in [-0.1, -0.05) is 33.8 Å². The van der Waals surface area contributed by atoms with E-state index < -0.39 is 0 Å². The van der Waals surface area contributed by atoms with Crippen molar-refractivity contribution in [1.82, 2.24) is 0 Å². The van der Waals surface area contributed by atoms with Gasteiger partial charge in [-0.2, -0.15) is 0 Å². The van der Waals surface area contributed by atoms with Crippen LogP contribution < -0.4 is 0 Å². The summed E-state index contributed by atoms with van der Waals surface area (Å²) in [6, 6.07) is 0. The SMILES string of the molecule is C=C(OCCCC)C(C)CC. The fourth-order valence-electron chi connectivity index (χ4n) is 0.718. The first kappa shape index (κ1) is 10.5. The highest BCUT2D eigenvalue weighted by atomic mass is 16.5. The third-order valence-corrected chi connectivity index (χ3v) is 1.95. The average molecular weight is 156 g/mol. The van der Waals surface area contributed by atoms with Crippen LogP contribution in [0.2, 0.25) is 0 Å². The maximum atomic E-state index is 5.44. The maximum Gasteiger partial charge on any atom is 0.0916 e. The van der Waals surface area contributed by atoms with Crippen LogP contribution in [0.4, 0.5) is 0 Å². The molecule has 1 heteroatoms. The molecule has 1 atom stereocenters. The van der Waals surface area contributed by atoms with E-state index in [2.05, 4.69) is 27.4 Å². The molecule has 0 spiro atoms. The van der Waals surface area contributed by atoms with E-state index in [1.54, 1.807) is 0 Å². The Bertz CT molecular complexity index is 107. The van der Waals surface area contributed by atoms with Gasteiger partial charge in [0.1, 0.15) is 0 Å². The molecule has 0 aromatic rings. The molecule has 0 fully saturated rings. The highest BCUT2D eigenvalue weighted by molar-refractivity contribution is 4.87. The number of ether oxygens (including phenoxy) is 1. The Kier molecular flexibility index (Phi) is 6.00. The van der Waals surface area contributed by atoms with E-state index in [1.807, 2.05) is 0 Å². The van der Waals surface area contributed by atoms with Crippen molar-refractivity contribution in [2.24, 2.45) is 5.92 Å². The van der Waals surface area contributed by atoms with Gasteiger partial charge in [0.15, 0.2) is 0 Å². The zero-order chi connectivity index (χ0) is 8.69. The van der Waals surface area contributed by atoms with Crippen molar-refractivity contribution in [3.8, 4) is 0 Å². The van der Waals surface area contributed by atoms with Crippen LogP contribution in [0.15, 0.2) is 12.3 Å². The second kappa shape index (κ2) is 6.26. The number of unbranched alkanes of at least 4 members (excludes halogenated alkanes) is 1. The van der Waals surface area contributed by atoms with Crippen LogP contribution in [0, 0.1) is 5.92 Å². The summed E-state index contributed by atoms with van der Waals surface area (Å²) in [5.74, 6) is 1.45. The van der Waals surface area contributed by atoms with Crippen molar-refractivity contribution in [3.05, 3.63) is 12.3 Å². The summed E-state index contributed by atoms with van der Waals surface area (Å²) in [6.45, 7) is 11.2. The molecule has 0 aliphatic rings. The summed E-state index contributed by atoms with van der Waals surface area (Å²) in [4.78, 5) is 0. The van der Waals surface area contributed by atoms with Crippen LogP contribution in [-0.2, 0) is 4.74 Å². The molecule has 0 aliphatic heterocycles. The minimum Gasteiger partial charge on any atom is -0.498 e. The van der Waals surface area contributed by atoms with E-state index in [9.17, 15) is 0 Å². The van der Waals surface area contributed by atoms with Crippen LogP contribution in [-0.4, -0.2) is 6.61 Å². The van der Waals surface area contributed by atoms with Crippen molar-refractivity contribution in [1.29, 1.82) is 0 Å². The van der Waals surface area contributed by atoms with Crippen LogP contribution in [0.5, 0.6) is 0 Å². The summed E-state index contributed by atoms with van der Waals surface area (Å²) < 4.78 is 5.44. The third-order valence-electron chi connectivity index (χ3n) is 1.95. The van der Waals surface area contributed by atoms with Gasteiger partial charge < -0.3 is 4.74 Å². The summed E-state index contributed by atoms with van der Waals surface area (Å²) in [7, 11) is 0. The molecule has 0 heterocycles. The molecule has 0 rings (SSSR count). The largest absolute Gasteiger partial charge is 0.498 e. The second-order valence-electron chi connectivity index (χ2n) is 2.98. The zero-order valence-corrected chi connectivity index (χ0v) is 8.02. The smallest absolute Gasteiger partial charge is 0.0916 e. The van der Waals surface area contributed by atoms with Gasteiger partial charge in [0.2, 0.25) is 0 Å². The van der Waals surface area contributed by atoms with Crippen molar-refractivity contribution in [3.63, 3.8) is 0 Å². The molecule has 1 nitrogen and oxygen atoms in total. The molecule has 0 bridgehead atoms. The fourth-order valence-corrected chi connectivity index (χ4v) is 0.718. The lowest BCUT2D eigenvalue weighted by atomic mass is 10.1. The van der Waals surface area contributed by atoms with E-state index >= 15 is 0 Å². The third kappa shape index (κ3) is 4.88. The molecule has 0 aromatic heterocycles. The van der Waals surface area contributed by atoms with Gasteiger partial charge in [0.25, 0.3) is 0 Å². The molecular weight excluding hydrogens is 136 g/mol. The fraction of sp³-hybridized carbons (Fsp3) is 0.800. The normalized spacial score (nSPS) is 12.6. The summed E-state index contributed by atoms with van der Waals surface area (Å²) in [5.41, 5.74) is 0. The van der Waals surface area contributed by atoms with Gasteiger partial charge in [-0.15, -0.1) is 0 Å². The van der Waals surface area contributed by atoms with Crippen molar-refractivity contribution < 1.29 is 4.74 Å². The van der Waals surface area contributed by atoms with Crippen LogP contribution >= 0.6 is 0 Å². The minimum absolute atomic E-state index is 0.506. The second-order valence-corrected chi connectivity index (χ2v) is 2.98. The molecule has 0 aromatic carbocycles. The molecule has 0 aliphatic carbocycles. The highest BCUT2D eigenvalue weighted by Crippen LogP contribution is 2.13.